The number of carbonyl (C=O) groups is 2. The van der Waals surface area contributed by atoms with E-state index in [0.717, 1.165) is 11.1 Å². The lowest BCUT2D eigenvalue weighted by atomic mass is 10.0. The van der Waals surface area contributed by atoms with Crippen LogP contribution in [0.25, 0.3) is 22.4 Å². The van der Waals surface area contributed by atoms with Crippen molar-refractivity contribution in [3.63, 3.8) is 0 Å². The van der Waals surface area contributed by atoms with Gasteiger partial charge in [0.05, 0.1) is 16.8 Å². The van der Waals surface area contributed by atoms with Gasteiger partial charge in [0.2, 0.25) is 0 Å². The van der Waals surface area contributed by atoms with Crippen LogP contribution in [-0.2, 0) is 9.84 Å². The monoisotopic (exact) mass is 562 g/mol. The van der Waals surface area contributed by atoms with Gasteiger partial charge < -0.3 is 16.9 Å². The van der Waals surface area contributed by atoms with Crippen molar-refractivity contribution in [1.82, 2.24) is 10.2 Å². The van der Waals surface area contributed by atoms with E-state index in [1.165, 1.54) is 6.26 Å². The Morgan fingerprint density at radius 3 is 1.89 bits per heavy atom. The van der Waals surface area contributed by atoms with Gasteiger partial charge >= 0.3 is 0 Å². The number of allylic oxidation sites excluding steroid dienone is 1. The predicted molar refractivity (Wildman–Crippen MR) is 151 cm³/mol. The average molecular weight is 563 g/mol. The highest BCUT2D eigenvalue weighted by molar-refractivity contribution is 7.96. The second-order valence-electron chi connectivity index (χ2n) is 6.02. The molecule has 2 aromatic carbocycles. The molecule has 0 aliphatic carbocycles. The highest BCUT2D eigenvalue weighted by Gasteiger charge is 2.18. The number of nitrogens with two attached hydrogens (primary N) is 2. The van der Waals surface area contributed by atoms with E-state index in [-0.39, 0.29) is 17.8 Å². The highest BCUT2D eigenvalue weighted by Crippen LogP contribution is 2.34. The van der Waals surface area contributed by atoms with E-state index in [4.69, 9.17) is 21.2 Å². The number of amides is 2. The smallest absolute Gasteiger partial charge is 0.273 e. The molecule has 0 unspecified atom stereocenters. The lowest BCUT2D eigenvalue weighted by Crippen LogP contribution is -2.00. The molecule has 0 bridgehead atoms. The number of nitrogens with zero attached hydrogens (tertiary/aromatic N) is 1. The second kappa shape index (κ2) is 18.5. The minimum absolute atomic E-state index is 0. The summed E-state index contributed by atoms with van der Waals surface area (Å²) >= 11 is 12.1. The molecule has 2 amide bonds. The lowest BCUT2D eigenvalue weighted by molar-refractivity contribution is 0.266. The van der Waals surface area contributed by atoms with Gasteiger partial charge in [0.1, 0.15) is 0 Å². The zero-order valence-electron chi connectivity index (χ0n) is 18.4. The number of primary amides is 2. The van der Waals surface area contributed by atoms with Crippen molar-refractivity contribution in [2.24, 2.45) is 11.5 Å². The topological polar surface area (TPSA) is 180 Å². The molecule has 0 saturated heterocycles. The van der Waals surface area contributed by atoms with Crippen molar-refractivity contribution in [2.45, 2.75) is 19.2 Å². The number of aromatic amines is 1. The normalized spacial score (nSPS) is 9.06. The van der Waals surface area contributed by atoms with Crippen molar-refractivity contribution in [2.75, 3.05) is 6.26 Å². The van der Waals surface area contributed by atoms with Gasteiger partial charge in [-0.1, -0.05) is 80.7 Å². The molecule has 13 heteroatoms. The molecule has 0 fully saturated rings. The number of hydrogen-bond donors (Lipinski definition) is 5. The van der Waals surface area contributed by atoms with Gasteiger partial charge in [-0.15, -0.1) is 6.58 Å². The number of H-pyrrole nitrogens is 1. The Labute approximate surface area is 222 Å². The molecule has 0 aliphatic heterocycles. The quantitative estimate of drug-likeness (QED) is 0.227. The first-order chi connectivity index (χ1) is 15.3. The summed E-state index contributed by atoms with van der Waals surface area (Å²) in [4.78, 5) is 18.4. The maximum Gasteiger partial charge on any atom is 0.273 e. The summed E-state index contributed by atoms with van der Waals surface area (Å²) in [6.45, 7) is 5.25. The fraction of sp³-hybridized carbons (Fsp3) is 0.136. The number of thiol groups is 2. The van der Waals surface area contributed by atoms with Gasteiger partial charge in [-0.05, 0) is 30.7 Å². The maximum atomic E-state index is 12.0. The van der Waals surface area contributed by atoms with Crippen LogP contribution in [0.1, 0.15) is 14.4 Å². The van der Waals surface area contributed by atoms with Crippen LogP contribution in [0.15, 0.2) is 72.3 Å². The van der Waals surface area contributed by atoms with Crippen molar-refractivity contribution in [3.05, 3.63) is 72.4 Å². The number of nitrogens with one attached hydrogen (secondary N) is 1. The summed E-state index contributed by atoms with van der Waals surface area (Å²) < 4.78 is 24.0. The minimum atomic E-state index is -3.33. The van der Waals surface area contributed by atoms with Gasteiger partial charge in [-0.25, -0.2) is 8.42 Å². The molecule has 0 atom stereocenters. The van der Waals surface area contributed by atoms with Gasteiger partial charge in [0.15, 0.2) is 9.84 Å². The Kier molecular flexibility index (Phi) is 19.5. The van der Waals surface area contributed by atoms with E-state index in [2.05, 4.69) is 53.5 Å². The number of rotatable bonds is 3. The van der Waals surface area contributed by atoms with Crippen LogP contribution < -0.4 is 11.5 Å². The Morgan fingerprint density at radius 2 is 1.46 bits per heavy atom. The predicted octanol–water partition coefficient (Wildman–Crippen LogP) is 4.79. The fourth-order valence-corrected chi connectivity index (χ4v) is 3.36. The number of halogens is 1. The first-order valence-corrected chi connectivity index (χ1v) is 12.1. The van der Waals surface area contributed by atoms with Crippen LogP contribution in [0, 0.1) is 0 Å². The van der Waals surface area contributed by atoms with E-state index in [0.29, 0.717) is 16.3 Å². The molecule has 3 aromatic rings. The molecule has 0 saturated carbocycles. The summed E-state index contributed by atoms with van der Waals surface area (Å²) in [6.07, 6.45) is 4.63. The van der Waals surface area contributed by atoms with Crippen LogP contribution >= 0.6 is 36.9 Å². The molecule has 1 aromatic heterocycles. The van der Waals surface area contributed by atoms with Crippen LogP contribution in [0.5, 0.6) is 0 Å². The number of sulfone groups is 1. The molecule has 7 N–H and O–H groups in total. The third kappa shape index (κ3) is 15.0. The number of carbonyl (C=O) groups excluding carboxylic acids is 2. The van der Waals surface area contributed by atoms with Crippen LogP contribution in [-0.4, -0.2) is 40.8 Å². The van der Waals surface area contributed by atoms with E-state index in [1.807, 2.05) is 19.1 Å². The largest absolute Gasteiger partial charge is 0.412 e. The van der Waals surface area contributed by atoms with Crippen molar-refractivity contribution < 1.29 is 23.5 Å². The molecule has 35 heavy (non-hydrogen) atoms. The van der Waals surface area contributed by atoms with Gasteiger partial charge in [-0.3, -0.25) is 14.7 Å². The van der Waals surface area contributed by atoms with E-state index >= 15 is 0 Å². The van der Waals surface area contributed by atoms with Crippen molar-refractivity contribution in [1.29, 1.82) is 0 Å². The maximum absolute atomic E-state index is 12.0. The van der Waals surface area contributed by atoms with Crippen LogP contribution in [0.3, 0.4) is 0 Å². The standard InChI is InChI=1S/C16H13ClN2O2S.C3H6.2CH3NOS.CH4.H2O/c1-22(20,21)15-5-3-2-4-13(15)16-14(10-18-19-16)11-6-8-12(17)9-7-11;1-3-2;2*2-1(3)4;;/h2-10H,1H3,(H,18,19);3H,1H2,2H3;2*(H3,2,3,4);1H4;1H2. The summed E-state index contributed by atoms with van der Waals surface area (Å²) in [7, 11) is -3.33. The summed E-state index contributed by atoms with van der Waals surface area (Å²) in [5.74, 6) is 0. The number of benzene rings is 2. The Hall–Kier alpha value is -2.77. The molecular formula is C22H31ClN4O5S3. The lowest BCUT2D eigenvalue weighted by Gasteiger charge is -2.08. The number of aromatic nitrogens is 2. The van der Waals surface area contributed by atoms with Gasteiger partial charge in [-0.2, -0.15) is 5.10 Å². The third-order valence-electron chi connectivity index (χ3n) is 3.35. The second-order valence-corrected chi connectivity index (χ2v) is 9.32. The third-order valence-corrected chi connectivity index (χ3v) is 4.76. The molecule has 0 aliphatic rings. The van der Waals surface area contributed by atoms with Crippen molar-refractivity contribution >= 4 is 57.2 Å². The Balaban J connectivity index is -0.000000673. The van der Waals surface area contributed by atoms with E-state index in [9.17, 15) is 8.42 Å². The minimum Gasteiger partial charge on any atom is -0.412 e. The molecular weight excluding hydrogens is 532 g/mol. The summed E-state index contributed by atoms with van der Waals surface area (Å²) in [6, 6.07) is 14.2. The average Bonchev–Trinajstić information content (AvgIpc) is 3.17. The van der Waals surface area contributed by atoms with Gasteiger partial charge in [0, 0.05) is 22.4 Å². The zero-order chi connectivity index (χ0) is 25.6. The fourth-order valence-electron chi connectivity index (χ4n) is 2.34. The first kappa shape index (κ1) is 36.8. The summed E-state index contributed by atoms with van der Waals surface area (Å²) in [5.41, 5.74) is 11.7. The molecule has 9 nitrogen and oxygen atoms in total. The molecule has 0 spiro atoms. The molecule has 3 rings (SSSR count). The van der Waals surface area contributed by atoms with Crippen molar-refractivity contribution in [3.8, 4) is 22.4 Å². The highest BCUT2D eigenvalue weighted by atomic mass is 35.5. The first-order valence-electron chi connectivity index (χ1n) is 8.97. The molecule has 194 valence electrons. The van der Waals surface area contributed by atoms with E-state index in [1.54, 1.807) is 48.7 Å². The molecule has 0 radical (unpaired) electrons. The van der Waals surface area contributed by atoms with Crippen LogP contribution in [0.2, 0.25) is 5.02 Å². The zero-order valence-corrected chi connectivity index (χ0v) is 21.8. The Bertz CT molecular complexity index is 1150. The molecule has 1 heterocycles. The summed E-state index contributed by atoms with van der Waals surface area (Å²) in [5, 5.41) is 6.33. The SMILES string of the molecule is C.C=CC.CS(=O)(=O)c1ccccc1-c1[nH]ncc1-c1ccc(Cl)cc1.NC(=O)S.NC(=O)S.O. The number of hydrogen-bond acceptors (Lipinski definition) is 5. The van der Waals surface area contributed by atoms with E-state index < -0.39 is 20.3 Å². The van der Waals surface area contributed by atoms with Crippen LogP contribution in [0.4, 0.5) is 9.59 Å². The Morgan fingerprint density at radius 1 is 1.03 bits per heavy atom. The van der Waals surface area contributed by atoms with Gasteiger partial charge in [0.25, 0.3) is 10.5 Å².